The summed E-state index contributed by atoms with van der Waals surface area (Å²) in [6.07, 6.45) is 4.51. The van der Waals surface area contributed by atoms with Gasteiger partial charge in [0.25, 0.3) is 0 Å². The van der Waals surface area contributed by atoms with Crippen molar-refractivity contribution in [2.45, 2.75) is 19.4 Å². The van der Waals surface area contributed by atoms with Gasteiger partial charge in [-0.15, -0.1) is 0 Å². The molecule has 0 spiro atoms. The Labute approximate surface area is 95.6 Å². The second-order valence-electron chi connectivity index (χ2n) is 4.28. The van der Waals surface area contributed by atoms with Gasteiger partial charge >= 0.3 is 0 Å². The molecule has 0 aliphatic carbocycles. The van der Waals surface area contributed by atoms with Crippen molar-refractivity contribution in [3.63, 3.8) is 0 Å². The third-order valence-electron chi connectivity index (χ3n) is 3.10. The number of anilines is 1. The zero-order valence-electron chi connectivity index (χ0n) is 9.76. The van der Waals surface area contributed by atoms with Gasteiger partial charge in [0, 0.05) is 19.1 Å². The molecule has 2 rings (SSSR count). The molecule has 5 heteroatoms. The van der Waals surface area contributed by atoms with Gasteiger partial charge in [-0.1, -0.05) is 0 Å². The van der Waals surface area contributed by atoms with Crippen LogP contribution in [0, 0.1) is 5.92 Å². The first-order valence-corrected chi connectivity index (χ1v) is 5.57. The van der Waals surface area contributed by atoms with Crippen molar-refractivity contribution >= 4 is 5.95 Å². The highest BCUT2D eigenvalue weighted by Gasteiger charge is 2.26. The molecule has 1 saturated heterocycles. The number of hydrogen-bond acceptors (Lipinski definition) is 5. The Balaban J connectivity index is 2.03. The average molecular weight is 222 g/mol. The maximum absolute atomic E-state index is 5.90. The highest BCUT2D eigenvalue weighted by atomic mass is 16.5. The molecule has 1 fully saturated rings. The van der Waals surface area contributed by atoms with E-state index in [9.17, 15) is 0 Å². The molecule has 88 valence electrons. The lowest BCUT2D eigenvalue weighted by Crippen LogP contribution is -2.30. The predicted octanol–water partition coefficient (Wildman–Crippen LogP) is 0.659. The number of ether oxygens (including phenoxy) is 1. The van der Waals surface area contributed by atoms with Gasteiger partial charge in [0.05, 0.1) is 19.5 Å². The molecule has 1 aromatic heterocycles. The number of rotatable bonds is 3. The van der Waals surface area contributed by atoms with Crippen LogP contribution in [0.3, 0.4) is 0 Å². The predicted molar refractivity (Wildman–Crippen MR) is 62.6 cm³/mol. The summed E-state index contributed by atoms with van der Waals surface area (Å²) in [7, 11) is 1.61. The molecule has 2 atom stereocenters. The highest BCUT2D eigenvalue weighted by molar-refractivity contribution is 5.33. The minimum absolute atomic E-state index is 0.239. The van der Waals surface area contributed by atoms with Gasteiger partial charge in [-0.25, -0.2) is 9.97 Å². The van der Waals surface area contributed by atoms with E-state index in [1.54, 1.807) is 19.5 Å². The van der Waals surface area contributed by atoms with Crippen LogP contribution in [0.1, 0.15) is 13.3 Å². The van der Waals surface area contributed by atoms with E-state index in [-0.39, 0.29) is 6.04 Å². The van der Waals surface area contributed by atoms with Gasteiger partial charge in [0.15, 0.2) is 5.75 Å². The summed E-state index contributed by atoms with van der Waals surface area (Å²) in [5, 5.41) is 0. The van der Waals surface area contributed by atoms with Crippen LogP contribution >= 0.6 is 0 Å². The molecule has 2 unspecified atom stereocenters. The fourth-order valence-corrected chi connectivity index (χ4v) is 1.98. The van der Waals surface area contributed by atoms with E-state index in [1.807, 2.05) is 0 Å². The van der Waals surface area contributed by atoms with E-state index in [0.717, 1.165) is 25.5 Å². The number of methoxy groups -OCH3 is 1. The fraction of sp³-hybridized carbons (Fsp3) is 0.636. The minimum Gasteiger partial charge on any atom is -0.494 e. The number of nitrogens with two attached hydrogens (primary N) is 1. The quantitative estimate of drug-likeness (QED) is 0.814. The van der Waals surface area contributed by atoms with Crippen molar-refractivity contribution < 1.29 is 4.74 Å². The molecule has 0 aromatic carbocycles. The average Bonchev–Trinajstić information content (AvgIpc) is 2.78. The largest absolute Gasteiger partial charge is 0.494 e. The molecule has 1 aliphatic heterocycles. The smallest absolute Gasteiger partial charge is 0.225 e. The summed E-state index contributed by atoms with van der Waals surface area (Å²) in [5.74, 6) is 2.00. The number of aromatic nitrogens is 2. The third-order valence-corrected chi connectivity index (χ3v) is 3.10. The van der Waals surface area contributed by atoms with Crippen LogP contribution in [0.25, 0.3) is 0 Å². The van der Waals surface area contributed by atoms with Crippen molar-refractivity contribution in [2.24, 2.45) is 11.7 Å². The van der Waals surface area contributed by atoms with E-state index in [0.29, 0.717) is 11.7 Å². The maximum Gasteiger partial charge on any atom is 0.225 e. The zero-order chi connectivity index (χ0) is 11.5. The van der Waals surface area contributed by atoms with Crippen LogP contribution in [-0.2, 0) is 0 Å². The first-order chi connectivity index (χ1) is 7.70. The molecular weight excluding hydrogens is 204 g/mol. The van der Waals surface area contributed by atoms with Gasteiger partial charge in [0.1, 0.15) is 0 Å². The Hall–Kier alpha value is -1.36. The Morgan fingerprint density at radius 2 is 2.19 bits per heavy atom. The number of nitrogens with zero attached hydrogens (tertiary/aromatic N) is 3. The second kappa shape index (κ2) is 4.65. The van der Waals surface area contributed by atoms with Crippen LogP contribution in [0.4, 0.5) is 5.95 Å². The van der Waals surface area contributed by atoms with E-state index < -0.39 is 0 Å². The normalized spacial score (nSPS) is 22.2. The van der Waals surface area contributed by atoms with E-state index in [2.05, 4.69) is 21.8 Å². The summed E-state index contributed by atoms with van der Waals surface area (Å²) in [5.41, 5.74) is 5.90. The van der Waals surface area contributed by atoms with Gasteiger partial charge in [0.2, 0.25) is 5.95 Å². The van der Waals surface area contributed by atoms with Crippen molar-refractivity contribution in [1.29, 1.82) is 0 Å². The molecule has 5 nitrogen and oxygen atoms in total. The number of hydrogen-bond donors (Lipinski definition) is 1. The topological polar surface area (TPSA) is 64.3 Å². The molecule has 0 amide bonds. The van der Waals surface area contributed by atoms with Crippen molar-refractivity contribution in [1.82, 2.24) is 9.97 Å². The summed E-state index contributed by atoms with van der Waals surface area (Å²) in [6.45, 7) is 3.99. The Bertz CT molecular complexity index is 338. The van der Waals surface area contributed by atoms with Gasteiger partial charge in [-0.2, -0.15) is 0 Å². The Morgan fingerprint density at radius 1 is 1.50 bits per heavy atom. The fourth-order valence-electron chi connectivity index (χ4n) is 1.98. The molecular formula is C11H18N4O. The van der Waals surface area contributed by atoms with E-state index in [4.69, 9.17) is 10.5 Å². The van der Waals surface area contributed by atoms with Crippen LogP contribution in [0.15, 0.2) is 12.4 Å². The van der Waals surface area contributed by atoms with Gasteiger partial charge in [-0.05, 0) is 19.3 Å². The third kappa shape index (κ3) is 2.24. The molecule has 1 aromatic rings. The molecule has 16 heavy (non-hydrogen) atoms. The molecule has 0 saturated carbocycles. The standard InChI is InChI=1S/C11H18N4O/c1-8(12)9-3-4-15(7-9)11-13-5-10(16-2)6-14-11/h5-6,8-9H,3-4,7,12H2,1-2H3. The molecule has 0 bridgehead atoms. The Kier molecular flexibility index (Phi) is 3.24. The van der Waals surface area contributed by atoms with Crippen LogP contribution in [0.2, 0.25) is 0 Å². The van der Waals surface area contributed by atoms with E-state index >= 15 is 0 Å². The summed E-state index contributed by atoms with van der Waals surface area (Å²) < 4.78 is 5.03. The summed E-state index contributed by atoms with van der Waals surface area (Å²) in [6, 6.07) is 0.239. The van der Waals surface area contributed by atoms with Gasteiger partial charge in [-0.3, -0.25) is 0 Å². The lowest BCUT2D eigenvalue weighted by atomic mass is 10.0. The molecule has 2 heterocycles. The van der Waals surface area contributed by atoms with Crippen LogP contribution in [0.5, 0.6) is 5.75 Å². The summed E-state index contributed by atoms with van der Waals surface area (Å²) >= 11 is 0. The molecule has 2 N–H and O–H groups in total. The Morgan fingerprint density at radius 3 is 2.69 bits per heavy atom. The first kappa shape index (κ1) is 11.1. The SMILES string of the molecule is COc1cnc(N2CCC(C(C)N)C2)nc1. The van der Waals surface area contributed by atoms with Gasteiger partial charge < -0.3 is 15.4 Å². The summed E-state index contributed by atoms with van der Waals surface area (Å²) in [4.78, 5) is 10.7. The van der Waals surface area contributed by atoms with Crippen molar-refractivity contribution in [3.8, 4) is 5.75 Å². The minimum atomic E-state index is 0.239. The van der Waals surface area contributed by atoms with E-state index in [1.165, 1.54) is 0 Å². The lowest BCUT2D eigenvalue weighted by Gasteiger charge is -2.17. The highest BCUT2D eigenvalue weighted by Crippen LogP contribution is 2.22. The second-order valence-corrected chi connectivity index (χ2v) is 4.28. The van der Waals surface area contributed by atoms with Crippen LogP contribution < -0.4 is 15.4 Å². The molecule has 0 radical (unpaired) electrons. The first-order valence-electron chi connectivity index (χ1n) is 5.57. The van der Waals surface area contributed by atoms with Crippen LogP contribution in [-0.4, -0.2) is 36.2 Å². The zero-order valence-corrected chi connectivity index (χ0v) is 9.76. The monoisotopic (exact) mass is 222 g/mol. The lowest BCUT2D eigenvalue weighted by molar-refractivity contribution is 0.410. The van der Waals surface area contributed by atoms with Crippen molar-refractivity contribution in [2.75, 3.05) is 25.1 Å². The molecule has 1 aliphatic rings. The maximum atomic E-state index is 5.90. The van der Waals surface area contributed by atoms with Crippen molar-refractivity contribution in [3.05, 3.63) is 12.4 Å².